The number of nitrogens with one attached hydrogen (secondary N) is 2. The summed E-state index contributed by atoms with van der Waals surface area (Å²) in [5.41, 5.74) is -0.162. The zero-order valence-corrected chi connectivity index (χ0v) is 26.9. The van der Waals surface area contributed by atoms with E-state index in [1.54, 1.807) is 0 Å². The highest BCUT2D eigenvalue weighted by molar-refractivity contribution is 7.88. The standard InChI is InChI=1S/C30H55BN2O6S/c1-8-9-10-11-12-13-14-15-24(34)17-22(20-32-40(7,36)37)28(35)33-27(16-21(2)3)31-38-26-19-23-18-25(29(23,4)5)30(26,6)39-31/h21-23,25-27,32H,8-20H2,1-7H3,(H,33,35)/t22-,23-,25-,26+,27-,30-/m0/s1. The van der Waals surface area contributed by atoms with Gasteiger partial charge in [-0.25, -0.2) is 13.1 Å². The number of unbranched alkanes of at least 4 members (excludes halogenated alkanes) is 6. The average molecular weight is 583 g/mol. The first-order valence-corrected chi connectivity index (χ1v) is 17.7. The lowest BCUT2D eigenvalue weighted by Gasteiger charge is -2.64. The molecule has 8 nitrogen and oxygen atoms in total. The van der Waals surface area contributed by atoms with Crippen molar-refractivity contribution in [2.24, 2.45) is 29.1 Å². The van der Waals surface area contributed by atoms with E-state index in [4.69, 9.17) is 9.31 Å². The number of sulfonamides is 1. The quantitative estimate of drug-likeness (QED) is 0.173. The Labute approximate surface area is 244 Å². The van der Waals surface area contributed by atoms with Crippen LogP contribution in [-0.2, 0) is 28.9 Å². The molecular weight excluding hydrogens is 527 g/mol. The van der Waals surface area contributed by atoms with Crippen LogP contribution < -0.4 is 10.0 Å². The minimum Gasteiger partial charge on any atom is -0.404 e. The van der Waals surface area contributed by atoms with Crippen LogP contribution in [0.15, 0.2) is 0 Å². The summed E-state index contributed by atoms with van der Waals surface area (Å²) in [5.74, 6) is -0.166. The molecule has 4 aliphatic rings. The molecule has 0 aromatic carbocycles. The van der Waals surface area contributed by atoms with Crippen molar-refractivity contribution in [2.75, 3.05) is 12.8 Å². The Balaban J connectivity index is 1.62. The number of hydrogen-bond acceptors (Lipinski definition) is 6. The van der Waals surface area contributed by atoms with Crippen molar-refractivity contribution in [1.29, 1.82) is 0 Å². The molecule has 3 aliphatic carbocycles. The van der Waals surface area contributed by atoms with E-state index in [2.05, 4.69) is 51.6 Å². The smallest absolute Gasteiger partial charge is 0.404 e. The van der Waals surface area contributed by atoms with Crippen LogP contribution in [0.4, 0.5) is 0 Å². The molecule has 4 fully saturated rings. The fraction of sp³-hybridized carbons (Fsp3) is 0.933. The molecule has 0 aromatic rings. The molecular formula is C30H55BN2O6S. The Morgan fingerprint density at radius 1 is 1.02 bits per heavy atom. The molecule has 1 saturated heterocycles. The summed E-state index contributed by atoms with van der Waals surface area (Å²) >= 11 is 0. The Hall–Kier alpha value is -0.965. The summed E-state index contributed by atoms with van der Waals surface area (Å²) < 4.78 is 39.3. The lowest BCUT2D eigenvalue weighted by molar-refractivity contribution is -0.199. The summed E-state index contributed by atoms with van der Waals surface area (Å²) in [4.78, 5) is 26.4. The van der Waals surface area contributed by atoms with Gasteiger partial charge < -0.3 is 14.6 Å². The molecule has 40 heavy (non-hydrogen) atoms. The molecule has 2 N–H and O–H groups in total. The maximum atomic E-state index is 13.6. The van der Waals surface area contributed by atoms with Crippen LogP contribution in [-0.4, -0.2) is 57.7 Å². The van der Waals surface area contributed by atoms with Crippen LogP contribution in [0.1, 0.15) is 119 Å². The SMILES string of the molecule is CCCCCCCCCC(=O)C[C@@H](CNS(C)(=O)=O)C(=O)N[C@@H](CC(C)C)B1O[C@@H]2C[C@@H]3C[C@@H](C3(C)C)[C@]2(C)O1. The Morgan fingerprint density at radius 3 is 2.27 bits per heavy atom. The minimum atomic E-state index is -3.51. The second-order valence-electron chi connectivity index (χ2n) is 14.0. The van der Waals surface area contributed by atoms with Gasteiger partial charge in [0.2, 0.25) is 15.9 Å². The van der Waals surface area contributed by atoms with Crippen molar-refractivity contribution in [2.45, 2.75) is 136 Å². The van der Waals surface area contributed by atoms with Crippen molar-refractivity contribution in [3.63, 3.8) is 0 Å². The second kappa shape index (κ2) is 14.0. The first-order valence-electron chi connectivity index (χ1n) is 15.8. The van der Waals surface area contributed by atoms with Gasteiger partial charge in [-0.1, -0.05) is 73.1 Å². The fourth-order valence-corrected chi connectivity index (χ4v) is 7.79. The summed E-state index contributed by atoms with van der Waals surface area (Å²) in [5, 5.41) is 3.13. The number of ketones is 1. The van der Waals surface area contributed by atoms with Crippen molar-refractivity contribution < 1.29 is 27.3 Å². The van der Waals surface area contributed by atoms with Crippen molar-refractivity contribution in [1.82, 2.24) is 10.0 Å². The van der Waals surface area contributed by atoms with E-state index in [9.17, 15) is 18.0 Å². The summed E-state index contributed by atoms with van der Waals surface area (Å²) in [6.45, 7) is 13.1. The molecule has 1 heterocycles. The van der Waals surface area contributed by atoms with Crippen LogP contribution in [0.2, 0.25) is 0 Å². The summed E-state index contributed by atoms with van der Waals surface area (Å²) in [6, 6.07) is 0. The molecule has 3 saturated carbocycles. The van der Waals surface area contributed by atoms with E-state index in [1.807, 2.05) is 0 Å². The van der Waals surface area contributed by atoms with Gasteiger partial charge in [-0.15, -0.1) is 0 Å². The van der Waals surface area contributed by atoms with E-state index < -0.39 is 23.1 Å². The van der Waals surface area contributed by atoms with Crippen LogP contribution in [0.3, 0.4) is 0 Å². The number of rotatable bonds is 18. The molecule has 1 aliphatic heterocycles. The number of carbonyl (C=O) groups excluding carboxylic acids is 2. The van der Waals surface area contributed by atoms with Gasteiger partial charge in [0.15, 0.2) is 0 Å². The number of Topliss-reactive ketones (excluding diaryl/α,β-unsaturated/α-hetero) is 1. The maximum Gasteiger partial charge on any atom is 0.481 e. The van der Waals surface area contributed by atoms with Gasteiger partial charge in [-0.2, -0.15) is 0 Å². The zero-order valence-electron chi connectivity index (χ0n) is 26.1. The highest BCUT2D eigenvalue weighted by atomic mass is 32.2. The first kappa shape index (κ1) is 33.5. The normalized spacial score (nSPS) is 28.6. The van der Waals surface area contributed by atoms with Gasteiger partial charge >= 0.3 is 7.12 Å². The van der Waals surface area contributed by atoms with Gasteiger partial charge in [0, 0.05) is 19.4 Å². The molecule has 0 unspecified atom stereocenters. The Kier molecular flexibility index (Phi) is 11.7. The Morgan fingerprint density at radius 2 is 1.68 bits per heavy atom. The van der Waals surface area contributed by atoms with Crippen LogP contribution in [0.25, 0.3) is 0 Å². The lowest BCUT2D eigenvalue weighted by atomic mass is 9.43. The monoisotopic (exact) mass is 582 g/mol. The fourth-order valence-electron chi connectivity index (χ4n) is 7.28. The number of hydrogen-bond donors (Lipinski definition) is 2. The second-order valence-corrected chi connectivity index (χ2v) is 15.8. The maximum absolute atomic E-state index is 13.6. The third kappa shape index (κ3) is 8.54. The molecule has 230 valence electrons. The largest absolute Gasteiger partial charge is 0.481 e. The minimum absolute atomic E-state index is 0.00155. The molecule has 10 heteroatoms. The van der Waals surface area contributed by atoms with Gasteiger partial charge in [0.1, 0.15) is 5.78 Å². The highest BCUT2D eigenvalue weighted by Gasteiger charge is 2.68. The van der Waals surface area contributed by atoms with Crippen molar-refractivity contribution >= 4 is 28.8 Å². The van der Waals surface area contributed by atoms with E-state index >= 15 is 0 Å². The van der Waals surface area contributed by atoms with E-state index in [0.717, 1.165) is 38.4 Å². The predicted molar refractivity (Wildman–Crippen MR) is 160 cm³/mol. The molecule has 4 rings (SSSR count). The first-order chi connectivity index (χ1) is 18.7. The zero-order chi connectivity index (χ0) is 29.7. The third-order valence-electron chi connectivity index (χ3n) is 9.85. The average Bonchev–Trinajstić information content (AvgIpc) is 3.21. The molecule has 0 radical (unpaired) electrons. The predicted octanol–water partition coefficient (Wildman–Crippen LogP) is 5.05. The Bertz CT molecular complexity index is 973. The van der Waals surface area contributed by atoms with Crippen LogP contribution in [0, 0.1) is 29.1 Å². The van der Waals surface area contributed by atoms with Gasteiger partial charge in [0.25, 0.3) is 0 Å². The highest BCUT2D eigenvalue weighted by Crippen LogP contribution is 2.65. The lowest BCUT2D eigenvalue weighted by Crippen LogP contribution is -2.65. The van der Waals surface area contributed by atoms with Gasteiger partial charge in [-0.05, 0) is 55.8 Å². The molecule has 0 spiro atoms. The molecule has 2 bridgehead atoms. The van der Waals surface area contributed by atoms with Gasteiger partial charge in [0.05, 0.1) is 29.8 Å². The van der Waals surface area contributed by atoms with Crippen molar-refractivity contribution in [3.05, 3.63) is 0 Å². The van der Waals surface area contributed by atoms with Gasteiger partial charge in [-0.3, -0.25) is 9.59 Å². The molecule has 6 atom stereocenters. The van der Waals surface area contributed by atoms with E-state index in [0.29, 0.717) is 24.7 Å². The number of carbonyl (C=O) groups is 2. The van der Waals surface area contributed by atoms with Crippen molar-refractivity contribution in [3.8, 4) is 0 Å². The van der Waals surface area contributed by atoms with E-state index in [1.165, 1.54) is 25.7 Å². The summed E-state index contributed by atoms with van der Waals surface area (Å²) in [6.07, 6.45) is 12.1. The molecule has 1 amide bonds. The summed E-state index contributed by atoms with van der Waals surface area (Å²) in [7, 11) is -4.08. The molecule has 0 aromatic heterocycles. The third-order valence-corrected chi connectivity index (χ3v) is 10.5. The number of amides is 1. The van der Waals surface area contributed by atoms with Crippen LogP contribution in [0.5, 0.6) is 0 Å². The van der Waals surface area contributed by atoms with Crippen LogP contribution >= 0.6 is 0 Å². The van der Waals surface area contributed by atoms with E-state index in [-0.39, 0.29) is 53.6 Å². The topological polar surface area (TPSA) is 111 Å².